The minimum Gasteiger partial charge on any atom is -0.457 e. The fourth-order valence-electron chi connectivity index (χ4n) is 5.55. The Balaban J connectivity index is 1.26. The molecule has 1 heterocycles. The van der Waals surface area contributed by atoms with E-state index in [1.165, 1.54) is 32.1 Å². The van der Waals surface area contributed by atoms with Crippen LogP contribution in [-0.2, 0) is 19.0 Å². The topological polar surface area (TPSA) is 48.0 Å². The summed E-state index contributed by atoms with van der Waals surface area (Å²) in [5.74, 6) is 2.74. The number of rotatable bonds is 5. The van der Waals surface area contributed by atoms with Gasteiger partial charge in [-0.1, -0.05) is 0 Å². The molecular weight excluding hydrogens is 294 g/mol. The minimum atomic E-state index is -0.243. The lowest BCUT2D eigenvalue weighted by atomic mass is 9.50. The van der Waals surface area contributed by atoms with Gasteiger partial charge in [0.15, 0.2) is 0 Å². The molecule has 5 fully saturated rings. The van der Waals surface area contributed by atoms with Gasteiger partial charge < -0.3 is 14.2 Å². The highest BCUT2D eigenvalue weighted by atomic mass is 16.6. The van der Waals surface area contributed by atoms with E-state index in [0.717, 1.165) is 38.1 Å². The fraction of sp³-hybridized carbons (Fsp3) is 0.944. The molecule has 1 saturated heterocycles. The lowest BCUT2D eigenvalue weighted by molar-refractivity contribution is -0.207. The summed E-state index contributed by atoms with van der Waals surface area (Å²) in [4.78, 5) is 14.5. The molecule has 4 saturated carbocycles. The number of ether oxygens (including phenoxy) is 3. The van der Waals surface area contributed by atoms with E-state index in [0.29, 0.717) is 18.6 Å². The second-order valence-electron chi connectivity index (χ2n) is 8.17. The standard InChI is InChI=1S/C18H29NO4/c1-18(15-7-13-6-14(9-15)10-16(18)8-13)23-17(20)11-22-12-19-2-4-21-5-3-19/h13-16H,2-12H2,1H3. The van der Waals surface area contributed by atoms with Gasteiger partial charge in [-0.05, 0) is 62.7 Å². The normalized spacial score (nSPS) is 42.8. The van der Waals surface area contributed by atoms with Crippen LogP contribution >= 0.6 is 0 Å². The first-order valence-corrected chi connectivity index (χ1v) is 9.23. The summed E-state index contributed by atoms with van der Waals surface area (Å²) in [5, 5.41) is 0. The van der Waals surface area contributed by atoms with Gasteiger partial charge in [-0.15, -0.1) is 0 Å². The van der Waals surface area contributed by atoms with Gasteiger partial charge >= 0.3 is 5.97 Å². The van der Waals surface area contributed by atoms with Crippen LogP contribution in [0.25, 0.3) is 0 Å². The second-order valence-corrected chi connectivity index (χ2v) is 8.17. The van der Waals surface area contributed by atoms with Crippen LogP contribution in [-0.4, -0.2) is 56.1 Å². The number of hydrogen-bond donors (Lipinski definition) is 0. The van der Waals surface area contributed by atoms with E-state index >= 15 is 0 Å². The maximum atomic E-state index is 12.3. The Bertz CT molecular complexity index is 418. The summed E-state index contributed by atoms with van der Waals surface area (Å²) in [6.45, 7) is 5.99. The summed E-state index contributed by atoms with van der Waals surface area (Å²) >= 11 is 0. The molecule has 1 aliphatic heterocycles. The van der Waals surface area contributed by atoms with E-state index in [2.05, 4.69) is 11.8 Å². The predicted octanol–water partition coefficient (Wildman–Crippen LogP) is 2.05. The lowest BCUT2D eigenvalue weighted by Crippen LogP contribution is -2.58. The van der Waals surface area contributed by atoms with Crippen molar-refractivity contribution in [2.24, 2.45) is 23.7 Å². The van der Waals surface area contributed by atoms with Crippen LogP contribution < -0.4 is 0 Å². The number of esters is 1. The Hall–Kier alpha value is -0.650. The van der Waals surface area contributed by atoms with Gasteiger partial charge in [-0.3, -0.25) is 4.90 Å². The smallest absolute Gasteiger partial charge is 0.332 e. The van der Waals surface area contributed by atoms with Crippen LogP contribution in [0, 0.1) is 23.7 Å². The number of carbonyl (C=O) groups excluding carboxylic acids is 1. The van der Waals surface area contributed by atoms with Crippen molar-refractivity contribution >= 4 is 5.97 Å². The quantitative estimate of drug-likeness (QED) is 0.725. The molecule has 0 aromatic rings. The van der Waals surface area contributed by atoms with Crippen molar-refractivity contribution in [1.29, 1.82) is 0 Å². The molecular formula is C18H29NO4. The Morgan fingerprint density at radius 1 is 1.09 bits per heavy atom. The summed E-state index contributed by atoms with van der Waals surface area (Å²) < 4.78 is 16.9. The Labute approximate surface area is 138 Å². The van der Waals surface area contributed by atoms with Crippen LogP contribution in [0.4, 0.5) is 0 Å². The van der Waals surface area contributed by atoms with E-state index in [1.807, 2.05) is 0 Å². The van der Waals surface area contributed by atoms with Crippen LogP contribution in [0.15, 0.2) is 0 Å². The maximum absolute atomic E-state index is 12.3. The fourth-order valence-corrected chi connectivity index (χ4v) is 5.55. The molecule has 5 aliphatic rings. The van der Waals surface area contributed by atoms with Crippen LogP contribution in [0.2, 0.25) is 0 Å². The van der Waals surface area contributed by atoms with E-state index in [4.69, 9.17) is 14.2 Å². The molecule has 23 heavy (non-hydrogen) atoms. The van der Waals surface area contributed by atoms with E-state index in [9.17, 15) is 4.79 Å². The first-order valence-electron chi connectivity index (χ1n) is 9.23. The molecule has 0 atom stereocenters. The number of carbonyl (C=O) groups is 1. The van der Waals surface area contributed by atoms with E-state index in [1.54, 1.807) is 0 Å². The molecule has 0 radical (unpaired) electrons. The third-order valence-corrected chi connectivity index (χ3v) is 6.69. The molecule has 5 nitrogen and oxygen atoms in total. The zero-order valence-corrected chi connectivity index (χ0v) is 14.2. The van der Waals surface area contributed by atoms with Crippen molar-refractivity contribution in [3.05, 3.63) is 0 Å². The predicted molar refractivity (Wildman–Crippen MR) is 84.8 cm³/mol. The van der Waals surface area contributed by atoms with Crippen molar-refractivity contribution in [3.8, 4) is 0 Å². The molecule has 5 rings (SSSR count). The largest absolute Gasteiger partial charge is 0.457 e. The Morgan fingerprint density at radius 3 is 2.30 bits per heavy atom. The molecule has 4 bridgehead atoms. The van der Waals surface area contributed by atoms with Gasteiger partial charge in [-0.2, -0.15) is 0 Å². The molecule has 0 aromatic carbocycles. The van der Waals surface area contributed by atoms with Crippen molar-refractivity contribution in [1.82, 2.24) is 4.90 Å². The minimum absolute atomic E-state index is 0.0687. The Kier molecular flexibility index (Phi) is 4.37. The molecule has 0 unspecified atom stereocenters. The third kappa shape index (κ3) is 3.15. The molecule has 0 N–H and O–H groups in total. The van der Waals surface area contributed by atoms with Gasteiger partial charge in [0, 0.05) is 13.1 Å². The third-order valence-electron chi connectivity index (χ3n) is 6.69. The zero-order chi connectivity index (χ0) is 15.9. The van der Waals surface area contributed by atoms with Crippen molar-refractivity contribution in [2.45, 2.75) is 44.6 Å². The number of hydrogen-bond acceptors (Lipinski definition) is 5. The zero-order valence-electron chi connectivity index (χ0n) is 14.2. The average Bonchev–Trinajstić information content (AvgIpc) is 2.53. The summed E-state index contributed by atoms with van der Waals surface area (Å²) in [7, 11) is 0. The van der Waals surface area contributed by atoms with Gasteiger partial charge in [0.25, 0.3) is 0 Å². The van der Waals surface area contributed by atoms with E-state index in [-0.39, 0.29) is 18.2 Å². The molecule has 0 amide bonds. The number of nitrogens with zero attached hydrogens (tertiary/aromatic N) is 1. The summed E-state index contributed by atoms with van der Waals surface area (Å²) in [6, 6.07) is 0. The lowest BCUT2D eigenvalue weighted by Gasteiger charge is -2.59. The van der Waals surface area contributed by atoms with Crippen molar-refractivity contribution in [2.75, 3.05) is 39.6 Å². The maximum Gasteiger partial charge on any atom is 0.332 e. The highest BCUT2D eigenvalue weighted by Gasteiger charge is 2.56. The van der Waals surface area contributed by atoms with Gasteiger partial charge in [0.1, 0.15) is 12.2 Å². The highest BCUT2D eigenvalue weighted by Crippen LogP contribution is 2.59. The highest BCUT2D eigenvalue weighted by molar-refractivity contribution is 5.71. The summed E-state index contributed by atoms with van der Waals surface area (Å²) in [5.41, 5.74) is -0.243. The molecule has 0 spiro atoms. The van der Waals surface area contributed by atoms with Crippen LogP contribution in [0.1, 0.15) is 39.0 Å². The van der Waals surface area contributed by atoms with Crippen molar-refractivity contribution < 1.29 is 19.0 Å². The molecule has 130 valence electrons. The van der Waals surface area contributed by atoms with Crippen LogP contribution in [0.5, 0.6) is 0 Å². The SMILES string of the molecule is CC1(OC(=O)COCN2CCOCC2)C2CC3CC(C2)CC1C3. The van der Waals surface area contributed by atoms with Crippen molar-refractivity contribution in [3.63, 3.8) is 0 Å². The van der Waals surface area contributed by atoms with Gasteiger partial charge in [-0.25, -0.2) is 4.79 Å². The molecule has 5 heteroatoms. The van der Waals surface area contributed by atoms with E-state index < -0.39 is 0 Å². The summed E-state index contributed by atoms with van der Waals surface area (Å²) in [6.07, 6.45) is 6.44. The first kappa shape index (κ1) is 15.9. The number of morpholine rings is 1. The van der Waals surface area contributed by atoms with Gasteiger partial charge in [0.2, 0.25) is 0 Å². The molecule has 4 aliphatic carbocycles. The molecule has 0 aromatic heterocycles. The average molecular weight is 323 g/mol. The Morgan fingerprint density at radius 2 is 1.70 bits per heavy atom. The van der Waals surface area contributed by atoms with Crippen LogP contribution in [0.3, 0.4) is 0 Å². The second kappa shape index (κ2) is 6.34. The first-order chi connectivity index (χ1) is 11.1. The van der Waals surface area contributed by atoms with Gasteiger partial charge in [0.05, 0.1) is 19.9 Å². The monoisotopic (exact) mass is 323 g/mol.